The standard InChI is InChI=1S/C17H19NO3/c19-15(18-9-3-6-14(18)16(20)21)13-10-17(13)8-7-11-4-1-2-5-12(11)17/h1-2,4-5,13-14H,3,6-10H2,(H,20,21)/t13?,14-,17?/m0/s1. The molecule has 4 nitrogen and oxygen atoms in total. The molecule has 1 aliphatic heterocycles. The third-order valence-corrected chi connectivity index (χ3v) is 5.59. The Morgan fingerprint density at radius 1 is 1.29 bits per heavy atom. The zero-order chi connectivity index (χ0) is 14.6. The number of aryl methyl sites for hydroxylation is 1. The Hall–Kier alpha value is -1.84. The van der Waals surface area contributed by atoms with E-state index < -0.39 is 12.0 Å². The lowest BCUT2D eigenvalue weighted by molar-refractivity contribution is -0.148. The molecule has 110 valence electrons. The summed E-state index contributed by atoms with van der Waals surface area (Å²) in [5.41, 5.74) is 2.71. The molecule has 1 saturated heterocycles. The van der Waals surface area contributed by atoms with Crippen molar-refractivity contribution in [1.29, 1.82) is 0 Å². The van der Waals surface area contributed by atoms with E-state index >= 15 is 0 Å². The second kappa shape index (κ2) is 4.33. The van der Waals surface area contributed by atoms with E-state index in [1.165, 1.54) is 11.1 Å². The van der Waals surface area contributed by atoms with Gasteiger partial charge in [-0.25, -0.2) is 4.79 Å². The number of carboxylic acid groups (broad SMARTS) is 1. The van der Waals surface area contributed by atoms with Gasteiger partial charge in [0.05, 0.1) is 0 Å². The van der Waals surface area contributed by atoms with Gasteiger partial charge in [0, 0.05) is 17.9 Å². The van der Waals surface area contributed by atoms with Crippen molar-refractivity contribution in [3.8, 4) is 0 Å². The molecule has 1 heterocycles. The van der Waals surface area contributed by atoms with E-state index in [0.29, 0.717) is 13.0 Å². The van der Waals surface area contributed by atoms with Gasteiger partial charge in [-0.15, -0.1) is 0 Å². The van der Waals surface area contributed by atoms with Crippen LogP contribution in [0.15, 0.2) is 24.3 Å². The maximum atomic E-state index is 12.8. The molecule has 2 aliphatic carbocycles. The zero-order valence-electron chi connectivity index (χ0n) is 11.9. The van der Waals surface area contributed by atoms with Crippen LogP contribution in [0, 0.1) is 5.92 Å². The van der Waals surface area contributed by atoms with Crippen molar-refractivity contribution >= 4 is 11.9 Å². The summed E-state index contributed by atoms with van der Waals surface area (Å²) >= 11 is 0. The number of carboxylic acids is 1. The molecule has 2 fully saturated rings. The fourth-order valence-corrected chi connectivity index (χ4v) is 4.41. The molecule has 1 saturated carbocycles. The van der Waals surface area contributed by atoms with Gasteiger partial charge < -0.3 is 10.0 Å². The van der Waals surface area contributed by atoms with Gasteiger partial charge >= 0.3 is 5.97 Å². The number of fused-ring (bicyclic) bond motifs is 2. The van der Waals surface area contributed by atoms with Crippen molar-refractivity contribution in [2.24, 2.45) is 5.92 Å². The van der Waals surface area contributed by atoms with Crippen molar-refractivity contribution < 1.29 is 14.7 Å². The number of carbonyl (C=O) groups excluding carboxylic acids is 1. The Labute approximate surface area is 123 Å². The molecule has 1 N–H and O–H groups in total. The first-order valence-electron chi connectivity index (χ1n) is 7.75. The molecule has 2 unspecified atom stereocenters. The summed E-state index contributed by atoms with van der Waals surface area (Å²) in [5, 5.41) is 9.26. The van der Waals surface area contributed by atoms with E-state index in [9.17, 15) is 14.7 Å². The number of hydrogen-bond donors (Lipinski definition) is 1. The fraction of sp³-hybridized carbons (Fsp3) is 0.529. The van der Waals surface area contributed by atoms with Gasteiger partial charge in [0.1, 0.15) is 6.04 Å². The van der Waals surface area contributed by atoms with E-state index in [2.05, 4.69) is 18.2 Å². The largest absolute Gasteiger partial charge is 0.480 e. The van der Waals surface area contributed by atoms with E-state index in [0.717, 1.165) is 25.7 Å². The Kier molecular flexibility index (Phi) is 2.65. The van der Waals surface area contributed by atoms with Crippen molar-refractivity contribution in [2.75, 3.05) is 6.54 Å². The van der Waals surface area contributed by atoms with Crippen molar-refractivity contribution in [3.63, 3.8) is 0 Å². The molecule has 3 atom stereocenters. The molecule has 1 aromatic carbocycles. The SMILES string of the molecule is O=C(O)[C@@H]1CCCN1C(=O)C1CC12CCc1ccccc12. The molecule has 1 amide bonds. The van der Waals surface area contributed by atoms with E-state index in [-0.39, 0.29) is 17.2 Å². The Morgan fingerprint density at radius 2 is 2.10 bits per heavy atom. The summed E-state index contributed by atoms with van der Waals surface area (Å²) < 4.78 is 0. The summed E-state index contributed by atoms with van der Waals surface area (Å²) in [6.45, 7) is 0.601. The average molecular weight is 285 g/mol. The normalized spacial score (nSPS) is 33.2. The number of aliphatic carboxylic acids is 1. The van der Waals surface area contributed by atoms with E-state index in [4.69, 9.17) is 0 Å². The van der Waals surface area contributed by atoms with Crippen LogP contribution < -0.4 is 0 Å². The maximum Gasteiger partial charge on any atom is 0.326 e. The minimum Gasteiger partial charge on any atom is -0.480 e. The first-order valence-corrected chi connectivity index (χ1v) is 7.75. The molecular weight excluding hydrogens is 266 g/mol. The number of amides is 1. The second-order valence-corrected chi connectivity index (χ2v) is 6.60. The number of rotatable bonds is 2. The van der Waals surface area contributed by atoms with Gasteiger partial charge in [0.2, 0.25) is 5.91 Å². The number of carbonyl (C=O) groups is 2. The average Bonchev–Trinajstić information content (AvgIpc) is 2.84. The third kappa shape index (κ3) is 1.74. The second-order valence-electron chi connectivity index (χ2n) is 6.60. The summed E-state index contributed by atoms with van der Waals surface area (Å²) in [4.78, 5) is 25.6. The monoisotopic (exact) mass is 285 g/mol. The molecule has 0 radical (unpaired) electrons. The lowest BCUT2D eigenvalue weighted by Gasteiger charge is -2.23. The molecule has 21 heavy (non-hydrogen) atoms. The quantitative estimate of drug-likeness (QED) is 0.903. The van der Waals surface area contributed by atoms with Gasteiger partial charge in [0.25, 0.3) is 0 Å². The highest BCUT2D eigenvalue weighted by atomic mass is 16.4. The smallest absolute Gasteiger partial charge is 0.326 e. The van der Waals surface area contributed by atoms with Crippen molar-refractivity contribution in [1.82, 2.24) is 4.90 Å². The molecular formula is C17H19NO3. The minimum atomic E-state index is -0.859. The van der Waals surface area contributed by atoms with Crippen molar-refractivity contribution in [3.05, 3.63) is 35.4 Å². The summed E-state index contributed by atoms with van der Waals surface area (Å²) in [7, 11) is 0. The van der Waals surface area contributed by atoms with Crippen LogP contribution in [0.1, 0.15) is 36.8 Å². The Morgan fingerprint density at radius 3 is 2.90 bits per heavy atom. The predicted molar refractivity (Wildman–Crippen MR) is 76.9 cm³/mol. The molecule has 1 spiro atoms. The molecule has 1 aromatic rings. The zero-order valence-corrected chi connectivity index (χ0v) is 11.9. The highest BCUT2D eigenvalue weighted by molar-refractivity contribution is 5.89. The molecule has 3 aliphatic rings. The van der Waals surface area contributed by atoms with Gasteiger partial charge in [-0.05, 0) is 43.2 Å². The van der Waals surface area contributed by atoms with Crippen LogP contribution in [0.3, 0.4) is 0 Å². The number of hydrogen-bond acceptors (Lipinski definition) is 2. The van der Waals surface area contributed by atoms with Crippen molar-refractivity contribution in [2.45, 2.75) is 43.6 Å². The third-order valence-electron chi connectivity index (χ3n) is 5.59. The summed E-state index contributed by atoms with van der Waals surface area (Å²) in [6.07, 6.45) is 4.37. The summed E-state index contributed by atoms with van der Waals surface area (Å²) in [6, 6.07) is 7.79. The molecule has 4 heteroatoms. The number of benzene rings is 1. The van der Waals surface area contributed by atoms with Gasteiger partial charge in [-0.2, -0.15) is 0 Å². The highest BCUT2D eigenvalue weighted by Crippen LogP contribution is 2.62. The maximum absolute atomic E-state index is 12.8. The Bertz CT molecular complexity index is 626. The van der Waals surface area contributed by atoms with Crippen LogP contribution in [0.25, 0.3) is 0 Å². The topological polar surface area (TPSA) is 57.6 Å². The van der Waals surface area contributed by atoms with E-state index in [1.807, 2.05) is 6.07 Å². The van der Waals surface area contributed by atoms with Gasteiger partial charge in [-0.1, -0.05) is 24.3 Å². The van der Waals surface area contributed by atoms with Gasteiger partial charge in [0.15, 0.2) is 0 Å². The van der Waals surface area contributed by atoms with Crippen LogP contribution in [-0.2, 0) is 21.4 Å². The predicted octanol–water partition coefficient (Wildman–Crippen LogP) is 1.97. The lowest BCUT2D eigenvalue weighted by atomic mass is 9.95. The first kappa shape index (κ1) is 12.9. The Balaban J connectivity index is 1.58. The summed E-state index contributed by atoms with van der Waals surface area (Å²) in [5.74, 6) is -0.792. The van der Waals surface area contributed by atoms with Crippen LogP contribution in [0.2, 0.25) is 0 Å². The van der Waals surface area contributed by atoms with Crippen LogP contribution >= 0.6 is 0 Å². The van der Waals surface area contributed by atoms with Gasteiger partial charge in [-0.3, -0.25) is 4.79 Å². The number of nitrogens with zero attached hydrogens (tertiary/aromatic N) is 1. The lowest BCUT2D eigenvalue weighted by Crippen LogP contribution is -2.42. The minimum absolute atomic E-state index is 0.00102. The number of likely N-dealkylation sites (tertiary alicyclic amines) is 1. The van der Waals surface area contributed by atoms with Crippen LogP contribution in [-0.4, -0.2) is 34.5 Å². The molecule has 0 aromatic heterocycles. The highest BCUT2D eigenvalue weighted by Gasteiger charge is 2.62. The van der Waals surface area contributed by atoms with E-state index in [1.54, 1.807) is 4.90 Å². The fourth-order valence-electron chi connectivity index (χ4n) is 4.41. The molecule has 4 rings (SSSR count). The molecule has 0 bridgehead atoms. The van der Waals surface area contributed by atoms with Crippen LogP contribution in [0.5, 0.6) is 0 Å². The first-order chi connectivity index (χ1) is 10.1. The van der Waals surface area contributed by atoms with Crippen LogP contribution in [0.4, 0.5) is 0 Å².